The molecule has 0 spiro atoms. The third-order valence-electron chi connectivity index (χ3n) is 1.48. The van der Waals surface area contributed by atoms with Crippen LogP contribution >= 0.6 is 0 Å². The lowest BCUT2D eigenvalue weighted by atomic mass is 10.1. The van der Waals surface area contributed by atoms with Gasteiger partial charge in [-0.2, -0.15) is 0 Å². The van der Waals surface area contributed by atoms with Crippen LogP contribution in [0.3, 0.4) is 0 Å². The topological polar surface area (TPSA) is 131 Å². The molecule has 0 saturated heterocycles. The zero-order chi connectivity index (χ0) is 11.0. The van der Waals surface area contributed by atoms with E-state index >= 15 is 0 Å². The average Bonchev–Trinajstić information content (AvgIpc) is 2.14. The fourth-order valence-electron chi connectivity index (χ4n) is 0.770. The van der Waals surface area contributed by atoms with Gasteiger partial charge in [0.1, 0.15) is 6.04 Å². The standard InChI is InChI=1S/C7H15N3O4/c8-4-2-1-3-5(9)6(11)13-14-7(10)12/h5H,1-4,8-9H2,(H2,10,12). The Morgan fingerprint density at radius 1 is 1.21 bits per heavy atom. The summed E-state index contributed by atoms with van der Waals surface area (Å²) in [6.45, 7) is 0.541. The predicted octanol–water partition coefficient (Wildman–Crippen LogP) is -1.00. The largest absolute Gasteiger partial charge is 0.447 e. The Kier molecular flexibility index (Phi) is 6.42. The smallest absolute Gasteiger partial charge is 0.332 e. The summed E-state index contributed by atoms with van der Waals surface area (Å²) in [5, 5.41) is 0. The SMILES string of the molecule is NCCCCC(N)C(=O)OOC(N)=O. The van der Waals surface area contributed by atoms with Crippen LogP contribution < -0.4 is 17.2 Å². The number of nitrogens with two attached hydrogens (primary N) is 3. The van der Waals surface area contributed by atoms with Gasteiger partial charge in [0, 0.05) is 0 Å². The van der Waals surface area contributed by atoms with Gasteiger partial charge in [-0.25, -0.2) is 19.4 Å². The van der Waals surface area contributed by atoms with Crippen molar-refractivity contribution in [2.24, 2.45) is 17.2 Å². The molecule has 0 aliphatic carbocycles. The quantitative estimate of drug-likeness (QED) is 0.299. The summed E-state index contributed by atoms with van der Waals surface area (Å²) in [5.41, 5.74) is 15.2. The number of primary amides is 1. The molecule has 1 unspecified atom stereocenters. The number of unbranched alkanes of at least 4 members (excludes halogenated alkanes) is 1. The Morgan fingerprint density at radius 3 is 2.36 bits per heavy atom. The third kappa shape index (κ3) is 6.21. The molecule has 1 amide bonds. The molecule has 0 aliphatic rings. The van der Waals surface area contributed by atoms with Crippen LogP contribution in [0.25, 0.3) is 0 Å². The van der Waals surface area contributed by atoms with Gasteiger partial charge >= 0.3 is 12.1 Å². The van der Waals surface area contributed by atoms with Crippen LogP contribution in [0.4, 0.5) is 4.79 Å². The van der Waals surface area contributed by atoms with Crippen LogP contribution in [0.15, 0.2) is 0 Å². The first-order chi connectivity index (χ1) is 6.57. The highest BCUT2D eigenvalue weighted by molar-refractivity contribution is 5.76. The molecule has 0 bridgehead atoms. The molecular weight excluding hydrogens is 190 g/mol. The maximum absolute atomic E-state index is 10.9. The molecule has 0 aliphatic heterocycles. The number of rotatable bonds is 5. The van der Waals surface area contributed by atoms with Crippen molar-refractivity contribution in [1.82, 2.24) is 0 Å². The molecule has 6 N–H and O–H groups in total. The maximum Gasteiger partial charge on any atom is 0.447 e. The lowest BCUT2D eigenvalue weighted by Crippen LogP contribution is -2.33. The summed E-state index contributed by atoms with van der Waals surface area (Å²) in [7, 11) is 0. The minimum Gasteiger partial charge on any atom is -0.332 e. The molecule has 0 rings (SSSR count). The van der Waals surface area contributed by atoms with E-state index in [1.54, 1.807) is 0 Å². The number of carbonyl (C=O) groups excluding carboxylic acids is 2. The van der Waals surface area contributed by atoms with Crippen LogP contribution in [-0.2, 0) is 14.6 Å². The molecule has 1 atom stereocenters. The first kappa shape index (κ1) is 12.7. The van der Waals surface area contributed by atoms with E-state index in [1.807, 2.05) is 0 Å². The summed E-state index contributed by atoms with van der Waals surface area (Å²) in [6, 6.07) is -0.819. The first-order valence-electron chi connectivity index (χ1n) is 4.21. The van der Waals surface area contributed by atoms with Crippen LogP contribution in [0.5, 0.6) is 0 Å². The zero-order valence-corrected chi connectivity index (χ0v) is 7.77. The van der Waals surface area contributed by atoms with Crippen molar-refractivity contribution in [3.05, 3.63) is 0 Å². The first-order valence-corrected chi connectivity index (χ1v) is 4.21. The Morgan fingerprint density at radius 2 is 1.86 bits per heavy atom. The van der Waals surface area contributed by atoms with Crippen molar-refractivity contribution >= 4 is 12.1 Å². The molecule has 0 heterocycles. The molecule has 0 aromatic rings. The normalized spacial score (nSPS) is 11.9. The van der Waals surface area contributed by atoms with Gasteiger partial charge in [-0.05, 0) is 19.4 Å². The van der Waals surface area contributed by atoms with Gasteiger partial charge in [0.15, 0.2) is 0 Å². The second-order valence-electron chi connectivity index (χ2n) is 2.70. The molecule has 14 heavy (non-hydrogen) atoms. The highest BCUT2D eigenvalue weighted by Gasteiger charge is 2.16. The van der Waals surface area contributed by atoms with Crippen molar-refractivity contribution in [2.75, 3.05) is 6.54 Å². The average molecular weight is 205 g/mol. The van der Waals surface area contributed by atoms with E-state index in [0.717, 1.165) is 6.42 Å². The number of hydrogen-bond donors (Lipinski definition) is 3. The van der Waals surface area contributed by atoms with Crippen LogP contribution in [0.1, 0.15) is 19.3 Å². The van der Waals surface area contributed by atoms with Crippen molar-refractivity contribution in [3.63, 3.8) is 0 Å². The van der Waals surface area contributed by atoms with Gasteiger partial charge in [0.05, 0.1) is 0 Å². The minimum atomic E-state index is -1.19. The van der Waals surface area contributed by atoms with Gasteiger partial charge in [-0.15, -0.1) is 0 Å². The van der Waals surface area contributed by atoms with E-state index in [4.69, 9.17) is 11.5 Å². The summed E-state index contributed by atoms with van der Waals surface area (Å²) in [5.74, 6) is -0.819. The second kappa shape index (κ2) is 7.10. The Hall–Kier alpha value is -1.34. The van der Waals surface area contributed by atoms with Gasteiger partial charge in [0.2, 0.25) is 0 Å². The predicted molar refractivity (Wildman–Crippen MR) is 47.6 cm³/mol. The van der Waals surface area contributed by atoms with Crippen molar-refractivity contribution in [1.29, 1.82) is 0 Å². The van der Waals surface area contributed by atoms with E-state index < -0.39 is 18.1 Å². The fraction of sp³-hybridized carbons (Fsp3) is 0.714. The van der Waals surface area contributed by atoms with Gasteiger partial charge in [-0.3, -0.25) is 0 Å². The number of amides is 1. The van der Waals surface area contributed by atoms with Crippen molar-refractivity contribution in [2.45, 2.75) is 25.3 Å². The molecule has 0 aromatic heterocycles. The molecule has 0 fully saturated rings. The summed E-state index contributed by atoms with van der Waals surface area (Å²) in [6.07, 6.45) is 0.728. The molecule has 0 aromatic carbocycles. The Labute approximate surface area is 81.4 Å². The molecule has 0 radical (unpaired) electrons. The molecular formula is C7H15N3O4. The van der Waals surface area contributed by atoms with E-state index in [2.05, 4.69) is 15.5 Å². The lowest BCUT2D eigenvalue weighted by molar-refractivity contribution is -0.232. The fourth-order valence-corrected chi connectivity index (χ4v) is 0.770. The van der Waals surface area contributed by atoms with E-state index in [9.17, 15) is 9.59 Å². The summed E-state index contributed by atoms with van der Waals surface area (Å²) >= 11 is 0. The second-order valence-corrected chi connectivity index (χ2v) is 2.70. The Balaban J connectivity index is 3.59. The maximum atomic E-state index is 10.9. The van der Waals surface area contributed by atoms with Gasteiger partial charge < -0.3 is 17.2 Å². The Bertz CT molecular complexity index is 197. The highest BCUT2D eigenvalue weighted by Crippen LogP contribution is 2.00. The molecule has 0 saturated carbocycles. The van der Waals surface area contributed by atoms with Crippen LogP contribution in [0.2, 0.25) is 0 Å². The number of hydrogen-bond acceptors (Lipinski definition) is 6. The van der Waals surface area contributed by atoms with E-state index in [-0.39, 0.29) is 0 Å². The van der Waals surface area contributed by atoms with Crippen molar-refractivity contribution < 1.29 is 19.4 Å². The molecule has 7 nitrogen and oxygen atoms in total. The highest BCUT2D eigenvalue weighted by atomic mass is 17.2. The van der Waals surface area contributed by atoms with Crippen LogP contribution in [0, 0.1) is 0 Å². The van der Waals surface area contributed by atoms with Gasteiger partial charge in [0.25, 0.3) is 0 Å². The van der Waals surface area contributed by atoms with Crippen LogP contribution in [-0.4, -0.2) is 24.6 Å². The van der Waals surface area contributed by atoms with Crippen molar-refractivity contribution in [3.8, 4) is 0 Å². The summed E-state index contributed by atoms with van der Waals surface area (Å²) < 4.78 is 0. The molecule has 82 valence electrons. The summed E-state index contributed by atoms with van der Waals surface area (Å²) in [4.78, 5) is 28.8. The third-order valence-corrected chi connectivity index (χ3v) is 1.48. The van der Waals surface area contributed by atoms with E-state index in [0.29, 0.717) is 19.4 Å². The zero-order valence-electron chi connectivity index (χ0n) is 7.77. The number of carbonyl (C=O) groups is 2. The van der Waals surface area contributed by atoms with E-state index in [1.165, 1.54) is 0 Å². The van der Waals surface area contributed by atoms with Gasteiger partial charge in [-0.1, -0.05) is 6.42 Å². The molecule has 7 heteroatoms. The lowest BCUT2D eigenvalue weighted by Gasteiger charge is -2.07. The minimum absolute atomic E-state index is 0.429. The monoisotopic (exact) mass is 205 g/mol.